The molecule has 0 heterocycles. The summed E-state index contributed by atoms with van der Waals surface area (Å²) in [5.41, 5.74) is 1.54. The third kappa shape index (κ3) is 4.69. The molecular weight excluding hydrogens is 276 g/mol. The van der Waals surface area contributed by atoms with Gasteiger partial charge in [-0.1, -0.05) is 17.7 Å². The van der Waals surface area contributed by atoms with E-state index in [1.54, 1.807) is 18.2 Å². The molecule has 0 fully saturated rings. The van der Waals surface area contributed by atoms with Crippen LogP contribution in [0.15, 0.2) is 18.2 Å². The van der Waals surface area contributed by atoms with Gasteiger partial charge < -0.3 is 15.3 Å². The number of aliphatic hydroxyl groups excluding tert-OH is 1. The van der Waals surface area contributed by atoms with Gasteiger partial charge >= 0.3 is 0 Å². The van der Waals surface area contributed by atoms with Crippen LogP contribution in [-0.2, 0) is 11.4 Å². The van der Waals surface area contributed by atoms with Crippen LogP contribution in [0.25, 0.3) is 0 Å². The summed E-state index contributed by atoms with van der Waals surface area (Å²) in [5, 5.41) is 13.0. The first-order valence-electron chi connectivity index (χ1n) is 6.95. The molecule has 5 heteroatoms. The zero-order chi connectivity index (χ0) is 15.1. The topological polar surface area (TPSA) is 52.6 Å². The van der Waals surface area contributed by atoms with Crippen LogP contribution in [-0.4, -0.2) is 35.0 Å². The smallest absolute Gasteiger partial charge is 0.224 e. The maximum absolute atomic E-state index is 12.0. The molecule has 0 radical (unpaired) electrons. The molecule has 112 valence electrons. The highest BCUT2D eigenvalue weighted by molar-refractivity contribution is 6.33. The number of carbonyl (C=O) groups excluding carboxylic acids is 1. The first-order chi connectivity index (χ1) is 9.51. The number of amides is 1. The third-order valence-electron chi connectivity index (χ3n) is 3.21. The predicted molar refractivity (Wildman–Crippen MR) is 83.0 cm³/mol. The van der Waals surface area contributed by atoms with Gasteiger partial charge in [-0.05, 0) is 38.5 Å². The van der Waals surface area contributed by atoms with Crippen molar-refractivity contribution in [1.29, 1.82) is 0 Å². The highest BCUT2D eigenvalue weighted by atomic mass is 35.5. The Kier molecular flexibility index (Phi) is 6.82. The molecule has 1 aromatic carbocycles. The van der Waals surface area contributed by atoms with Crippen molar-refractivity contribution < 1.29 is 9.90 Å². The fourth-order valence-corrected chi connectivity index (χ4v) is 2.24. The van der Waals surface area contributed by atoms with Gasteiger partial charge in [-0.25, -0.2) is 0 Å². The molecule has 0 spiro atoms. The minimum absolute atomic E-state index is 0.0189. The maximum atomic E-state index is 12.0. The van der Waals surface area contributed by atoms with Gasteiger partial charge in [-0.3, -0.25) is 4.79 Å². The Bertz CT molecular complexity index is 447. The Labute approximate surface area is 125 Å². The van der Waals surface area contributed by atoms with E-state index >= 15 is 0 Å². The Hall–Kier alpha value is -1.26. The average molecular weight is 299 g/mol. The average Bonchev–Trinajstić information content (AvgIpc) is 2.42. The minimum atomic E-state index is -0.0292. The third-order valence-corrected chi connectivity index (χ3v) is 3.54. The molecule has 1 atom stereocenters. The summed E-state index contributed by atoms with van der Waals surface area (Å²) >= 11 is 6.11. The summed E-state index contributed by atoms with van der Waals surface area (Å²) in [4.78, 5) is 13.8. The number of hydrogen-bond acceptors (Lipinski definition) is 3. The van der Waals surface area contributed by atoms with Gasteiger partial charge in [0.1, 0.15) is 0 Å². The highest BCUT2D eigenvalue weighted by Gasteiger charge is 2.14. The normalized spacial score (nSPS) is 12.1. The molecule has 0 bridgehead atoms. The largest absolute Gasteiger partial charge is 0.392 e. The molecule has 0 aliphatic heterocycles. The van der Waals surface area contributed by atoms with Crippen molar-refractivity contribution in [2.75, 3.05) is 18.4 Å². The van der Waals surface area contributed by atoms with Crippen molar-refractivity contribution in [3.05, 3.63) is 28.8 Å². The van der Waals surface area contributed by atoms with Gasteiger partial charge in [0.2, 0.25) is 5.91 Å². The molecule has 4 nitrogen and oxygen atoms in total. The molecule has 1 unspecified atom stereocenters. The van der Waals surface area contributed by atoms with Crippen molar-refractivity contribution in [3.8, 4) is 0 Å². The van der Waals surface area contributed by atoms with Crippen LogP contribution in [0.3, 0.4) is 0 Å². The highest BCUT2D eigenvalue weighted by Crippen LogP contribution is 2.24. The SMILES string of the molecule is CCN(CC)C(=O)CC(C)Nc1cc(CO)ccc1Cl. The molecule has 1 amide bonds. The van der Waals surface area contributed by atoms with Crippen molar-refractivity contribution in [2.45, 2.75) is 39.8 Å². The van der Waals surface area contributed by atoms with E-state index in [0.29, 0.717) is 11.4 Å². The molecule has 0 saturated heterocycles. The van der Waals surface area contributed by atoms with Gasteiger partial charge in [0.25, 0.3) is 0 Å². The van der Waals surface area contributed by atoms with Crippen molar-refractivity contribution >= 4 is 23.2 Å². The summed E-state index contributed by atoms with van der Waals surface area (Å²) in [5.74, 6) is 0.129. The Morgan fingerprint density at radius 2 is 2.05 bits per heavy atom. The molecular formula is C15H23ClN2O2. The quantitative estimate of drug-likeness (QED) is 0.814. The number of anilines is 1. The predicted octanol–water partition coefficient (Wildman–Crippen LogP) is 2.89. The van der Waals surface area contributed by atoms with Gasteiger partial charge in [0.15, 0.2) is 0 Å². The number of rotatable bonds is 7. The first kappa shape index (κ1) is 16.8. The Balaban J connectivity index is 2.66. The minimum Gasteiger partial charge on any atom is -0.392 e. The van der Waals surface area contributed by atoms with Crippen LogP contribution >= 0.6 is 11.6 Å². The zero-order valence-electron chi connectivity index (χ0n) is 12.3. The van der Waals surface area contributed by atoms with Crippen molar-refractivity contribution in [1.82, 2.24) is 4.90 Å². The second-order valence-corrected chi connectivity index (χ2v) is 5.20. The number of nitrogens with zero attached hydrogens (tertiary/aromatic N) is 1. The fourth-order valence-electron chi connectivity index (χ4n) is 2.07. The van der Waals surface area contributed by atoms with E-state index in [1.807, 2.05) is 25.7 Å². The lowest BCUT2D eigenvalue weighted by Gasteiger charge is -2.22. The monoisotopic (exact) mass is 298 g/mol. The standard InChI is InChI=1S/C15H23ClN2O2/c1-4-18(5-2)15(20)8-11(3)17-14-9-12(10-19)6-7-13(14)16/h6-7,9,11,17,19H,4-5,8,10H2,1-3H3. The first-order valence-corrected chi connectivity index (χ1v) is 7.33. The fraction of sp³-hybridized carbons (Fsp3) is 0.533. The lowest BCUT2D eigenvalue weighted by molar-refractivity contribution is -0.130. The summed E-state index contributed by atoms with van der Waals surface area (Å²) in [6.07, 6.45) is 0.418. The maximum Gasteiger partial charge on any atom is 0.224 e. The van der Waals surface area contributed by atoms with Crippen LogP contribution in [0.5, 0.6) is 0 Å². The molecule has 1 rings (SSSR count). The van der Waals surface area contributed by atoms with Crippen LogP contribution in [0.4, 0.5) is 5.69 Å². The van der Waals surface area contributed by atoms with Gasteiger partial charge in [0, 0.05) is 25.6 Å². The Morgan fingerprint density at radius 3 is 2.60 bits per heavy atom. The second-order valence-electron chi connectivity index (χ2n) is 4.79. The summed E-state index contributed by atoms with van der Waals surface area (Å²) in [6, 6.07) is 5.31. The molecule has 2 N–H and O–H groups in total. The van der Waals surface area contributed by atoms with E-state index in [-0.39, 0.29) is 18.6 Å². The van der Waals surface area contributed by atoms with E-state index in [1.165, 1.54) is 0 Å². The van der Waals surface area contributed by atoms with Gasteiger partial charge in [0.05, 0.1) is 17.3 Å². The van der Waals surface area contributed by atoms with E-state index in [2.05, 4.69) is 5.32 Å². The van der Waals surface area contributed by atoms with E-state index in [0.717, 1.165) is 24.3 Å². The number of aliphatic hydroxyl groups is 1. The number of benzene rings is 1. The second kappa shape index (κ2) is 8.12. The summed E-state index contributed by atoms with van der Waals surface area (Å²) in [6.45, 7) is 7.32. The summed E-state index contributed by atoms with van der Waals surface area (Å²) < 4.78 is 0. The lowest BCUT2D eigenvalue weighted by atomic mass is 10.1. The van der Waals surface area contributed by atoms with E-state index in [4.69, 9.17) is 16.7 Å². The van der Waals surface area contributed by atoms with Crippen molar-refractivity contribution in [2.24, 2.45) is 0 Å². The molecule has 0 aromatic heterocycles. The van der Waals surface area contributed by atoms with Crippen LogP contribution in [0.2, 0.25) is 5.02 Å². The van der Waals surface area contributed by atoms with Gasteiger partial charge in [-0.15, -0.1) is 0 Å². The number of halogens is 1. The van der Waals surface area contributed by atoms with E-state index < -0.39 is 0 Å². The van der Waals surface area contributed by atoms with Crippen molar-refractivity contribution in [3.63, 3.8) is 0 Å². The zero-order valence-corrected chi connectivity index (χ0v) is 13.1. The Morgan fingerprint density at radius 1 is 1.40 bits per heavy atom. The van der Waals surface area contributed by atoms with Crippen LogP contribution < -0.4 is 5.32 Å². The van der Waals surface area contributed by atoms with Gasteiger partial charge in [-0.2, -0.15) is 0 Å². The van der Waals surface area contributed by atoms with Crippen LogP contribution in [0, 0.1) is 0 Å². The number of carbonyl (C=O) groups is 1. The molecule has 0 saturated carbocycles. The number of hydrogen-bond donors (Lipinski definition) is 2. The van der Waals surface area contributed by atoms with Crippen LogP contribution in [0.1, 0.15) is 32.8 Å². The molecule has 0 aliphatic carbocycles. The summed E-state index contributed by atoms with van der Waals surface area (Å²) in [7, 11) is 0. The molecule has 1 aromatic rings. The molecule has 0 aliphatic rings. The number of nitrogens with one attached hydrogen (secondary N) is 1. The molecule has 20 heavy (non-hydrogen) atoms. The van der Waals surface area contributed by atoms with E-state index in [9.17, 15) is 4.79 Å². The lowest BCUT2D eigenvalue weighted by Crippen LogP contribution is -2.34.